The third-order valence-electron chi connectivity index (χ3n) is 3.84. The van der Waals surface area contributed by atoms with Crippen LogP contribution in [-0.4, -0.2) is 45.9 Å². The number of hydrogen-bond donors (Lipinski definition) is 1. The molecule has 8 heteroatoms. The van der Waals surface area contributed by atoms with E-state index >= 15 is 0 Å². The summed E-state index contributed by atoms with van der Waals surface area (Å²) in [5.41, 5.74) is 0.871. The molecule has 1 N–H and O–H groups in total. The van der Waals surface area contributed by atoms with Crippen molar-refractivity contribution in [1.82, 2.24) is 9.62 Å². The van der Waals surface area contributed by atoms with Gasteiger partial charge in [0.1, 0.15) is 0 Å². The molecule has 1 amide bonds. The van der Waals surface area contributed by atoms with Crippen molar-refractivity contribution in [1.29, 1.82) is 0 Å². The summed E-state index contributed by atoms with van der Waals surface area (Å²) in [5, 5.41) is 0. The number of hydrogen-bond acceptors (Lipinski definition) is 5. The third-order valence-corrected chi connectivity index (χ3v) is 5.38. The summed E-state index contributed by atoms with van der Waals surface area (Å²) in [4.78, 5) is 24.8. The molecule has 0 saturated heterocycles. The first-order valence-electron chi connectivity index (χ1n) is 8.25. The molecule has 2 aromatic rings. The summed E-state index contributed by atoms with van der Waals surface area (Å²) in [6, 6.07) is 14.2. The van der Waals surface area contributed by atoms with Crippen molar-refractivity contribution >= 4 is 21.9 Å². The van der Waals surface area contributed by atoms with E-state index in [0.29, 0.717) is 0 Å². The van der Waals surface area contributed by atoms with Gasteiger partial charge in [-0.25, -0.2) is 17.9 Å². The number of carbonyl (C=O) groups excluding carboxylic acids is 2. The van der Waals surface area contributed by atoms with Crippen molar-refractivity contribution in [2.45, 2.75) is 17.9 Å². The van der Waals surface area contributed by atoms with Crippen LogP contribution in [0, 0.1) is 0 Å². The lowest BCUT2D eigenvalue weighted by Crippen LogP contribution is -2.28. The molecule has 0 unspecified atom stereocenters. The lowest BCUT2D eigenvalue weighted by atomic mass is 10.1. The van der Waals surface area contributed by atoms with Crippen LogP contribution in [0.25, 0.3) is 0 Å². The van der Waals surface area contributed by atoms with Gasteiger partial charge in [-0.3, -0.25) is 4.79 Å². The number of carbonyl (C=O) groups is 2. The number of nitrogens with zero attached hydrogens (tertiary/aromatic N) is 1. The molecule has 0 radical (unpaired) electrons. The van der Waals surface area contributed by atoms with Gasteiger partial charge in [0.25, 0.3) is 5.91 Å². The number of amides is 1. The number of benzene rings is 2. The topological polar surface area (TPSA) is 92.8 Å². The van der Waals surface area contributed by atoms with Gasteiger partial charge in [-0.2, -0.15) is 0 Å². The first-order valence-corrected chi connectivity index (χ1v) is 9.73. The Hall–Kier alpha value is -2.71. The normalized spacial score (nSPS) is 12.3. The van der Waals surface area contributed by atoms with Crippen LogP contribution < -0.4 is 4.72 Å². The van der Waals surface area contributed by atoms with E-state index in [9.17, 15) is 18.0 Å². The highest BCUT2D eigenvalue weighted by molar-refractivity contribution is 7.89. The van der Waals surface area contributed by atoms with Gasteiger partial charge in [-0.15, -0.1) is 0 Å². The Labute approximate surface area is 159 Å². The highest BCUT2D eigenvalue weighted by Gasteiger charge is 2.20. The number of nitrogens with one attached hydrogen (secondary N) is 1. The van der Waals surface area contributed by atoms with Crippen LogP contribution >= 0.6 is 0 Å². The van der Waals surface area contributed by atoms with Crippen molar-refractivity contribution in [3.63, 3.8) is 0 Å². The number of sulfonamides is 1. The number of ether oxygens (including phenoxy) is 1. The standard InChI is InChI=1S/C19H22N2O5S/c1-14(15-8-5-4-6-9-15)20-27(24,25)17-11-7-10-16(12-17)19(23)26-13-18(22)21(2)3/h4-12,14,20H,13H2,1-3H3/t14-/m0/s1. The van der Waals surface area contributed by atoms with Gasteiger partial charge in [0.05, 0.1) is 10.5 Å². The fourth-order valence-corrected chi connectivity index (χ4v) is 3.52. The second-order valence-electron chi connectivity index (χ2n) is 6.15. The third kappa shape index (κ3) is 5.63. The number of rotatable bonds is 7. The molecule has 0 heterocycles. The molecule has 27 heavy (non-hydrogen) atoms. The predicted octanol–water partition coefficient (Wildman–Crippen LogP) is 1.97. The first kappa shape index (κ1) is 20.6. The van der Waals surface area contributed by atoms with E-state index in [1.807, 2.05) is 30.3 Å². The van der Waals surface area contributed by atoms with E-state index in [2.05, 4.69) is 4.72 Å². The van der Waals surface area contributed by atoms with Gasteiger partial charge in [0.15, 0.2) is 6.61 Å². The molecule has 7 nitrogen and oxygen atoms in total. The van der Waals surface area contributed by atoms with E-state index < -0.39 is 28.6 Å². The zero-order valence-corrected chi connectivity index (χ0v) is 16.2. The maximum atomic E-state index is 12.6. The molecule has 0 fully saturated rings. The summed E-state index contributed by atoms with van der Waals surface area (Å²) in [5.74, 6) is -1.14. The van der Waals surface area contributed by atoms with Crippen LogP contribution in [0.15, 0.2) is 59.5 Å². The second-order valence-corrected chi connectivity index (χ2v) is 7.86. The Morgan fingerprint density at radius 3 is 2.37 bits per heavy atom. The fraction of sp³-hybridized carbons (Fsp3) is 0.263. The molecule has 0 aromatic heterocycles. The van der Waals surface area contributed by atoms with Crippen molar-refractivity contribution < 1.29 is 22.7 Å². The average Bonchev–Trinajstić information content (AvgIpc) is 2.66. The van der Waals surface area contributed by atoms with Crippen molar-refractivity contribution in [3.05, 3.63) is 65.7 Å². The molecule has 0 aliphatic rings. The molecule has 144 valence electrons. The second kappa shape index (κ2) is 8.79. The molecule has 0 spiro atoms. The smallest absolute Gasteiger partial charge is 0.338 e. The Kier molecular flexibility index (Phi) is 6.70. The van der Waals surface area contributed by atoms with Crippen LogP contribution in [0.1, 0.15) is 28.9 Å². The molecule has 0 aliphatic heterocycles. The van der Waals surface area contributed by atoms with E-state index in [1.54, 1.807) is 21.0 Å². The highest BCUT2D eigenvalue weighted by atomic mass is 32.2. The largest absolute Gasteiger partial charge is 0.452 e. The Morgan fingerprint density at radius 1 is 1.07 bits per heavy atom. The molecule has 2 rings (SSSR count). The van der Waals surface area contributed by atoms with Crippen LogP contribution in [-0.2, 0) is 19.6 Å². The van der Waals surface area contributed by atoms with Gasteiger partial charge in [0, 0.05) is 20.1 Å². The molecular formula is C19H22N2O5S. The summed E-state index contributed by atoms with van der Waals surface area (Å²) >= 11 is 0. The van der Waals surface area contributed by atoms with Gasteiger partial charge in [0.2, 0.25) is 10.0 Å². The van der Waals surface area contributed by atoms with Gasteiger partial charge < -0.3 is 9.64 Å². The molecule has 2 aromatic carbocycles. The zero-order chi connectivity index (χ0) is 20.0. The summed E-state index contributed by atoms with van der Waals surface area (Å²) in [7, 11) is -0.752. The zero-order valence-electron chi connectivity index (χ0n) is 15.4. The van der Waals surface area contributed by atoms with Crippen LogP contribution in [0.2, 0.25) is 0 Å². The van der Waals surface area contributed by atoms with Crippen molar-refractivity contribution in [2.75, 3.05) is 20.7 Å². The maximum Gasteiger partial charge on any atom is 0.338 e. The summed E-state index contributed by atoms with van der Waals surface area (Å²) in [6.45, 7) is 1.32. The van der Waals surface area contributed by atoms with Crippen LogP contribution in [0.3, 0.4) is 0 Å². The first-order chi connectivity index (χ1) is 12.7. The summed E-state index contributed by atoms with van der Waals surface area (Å²) < 4.78 is 32.7. The minimum atomic E-state index is -3.84. The lowest BCUT2D eigenvalue weighted by Gasteiger charge is -2.15. The van der Waals surface area contributed by atoms with E-state index in [1.165, 1.54) is 29.2 Å². The highest BCUT2D eigenvalue weighted by Crippen LogP contribution is 2.18. The van der Waals surface area contributed by atoms with E-state index in [0.717, 1.165) is 5.56 Å². The van der Waals surface area contributed by atoms with Crippen molar-refractivity contribution in [3.8, 4) is 0 Å². The van der Waals surface area contributed by atoms with Crippen molar-refractivity contribution in [2.24, 2.45) is 0 Å². The fourth-order valence-electron chi connectivity index (χ4n) is 2.24. The quantitative estimate of drug-likeness (QED) is 0.730. The SMILES string of the molecule is C[C@H](NS(=O)(=O)c1cccc(C(=O)OCC(=O)N(C)C)c1)c1ccccc1. The summed E-state index contributed by atoms with van der Waals surface area (Å²) in [6.07, 6.45) is 0. The molecular weight excluding hydrogens is 368 g/mol. The average molecular weight is 390 g/mol. The minimum Gasteiger partial charge on any atom is -0.452 e. The van der Waals surface area contributed by atoms with Crippen LogP contribution in [0.4, 0.5) is 0 Å². The Morgan fingerprint density at radius 2 is 1.74 bits per heavy atom. The number of esters is 1. The molecule has 0 aliphatic carbocycles. The Bertz CT molecular complexity index is 911. The Balaban J connectivity index is 2.13. The number of likely N-dealkylation sites (N-methyl/N-ethyl adjacent to an activating group) is 1. The molecule has 1 atom stereocenters. The predicted molar refractivity (Wildman–Crippen MR) is 101 cm³/mol. The van der Waals surface area contributed by atoms with Gasteiger partial charge in [-0.05, 0) is 30.7 Å². The monoisotopic (exact) mass is 390 g/mol. The van der Waals surface area contributed by atoms with Gasteiger partial charge >= 0.3 is 5.97 Å². The van der Waals surface area contributed by atoms with Crippen LogP contribution in [0.5, 0.6) is 0 Å². The van der Waals surface area contributed by atoms with E-state index in [4.69, 9.17) is 4.74 Å². The lowest BCUT2D eigenvalue weighted by molar-refractivity contribution is -0.131. The minimum absolute atomic E-state index is 0.0526. The molecule has 0 bridgehead atoms. The maximum absolute atomic E-state index is 12.6. The van der Waals surface area contributed by atoms with E-state index in [-0.39, 0.29) is 16.4 Å². The molecule has 0 saturated carbocycles. The van der Waals surface area contributed by atoms with Gasteiger partial charge in [-0.1, -0.05) is 36.4 Å².